The zero-order chi connectivity index (χ0) is 19.5. The van der Waals surface area contributed by atoms with E-state index in [4.69, 9.17) is 5.73 Å². The van der Waals surface area contributed by atoms with Gasteiger partial charge in [-0.15, -0.1) is 0 Å². The Morgan fingerprint density at radius 1 is 0.815 bits per heavy atom. The van der Waals surface area contributed by atoms with Crippen molar-refractivity contribution in [1.82, 2.24) is 0 Å². The molecule has 0 heterocycles. The molecule has 4 heteroatoms. The SMILES string of the molecule is NC(CO)(CO)CCc1ccc(C(=O)CCCCCc2ccccc2)cc1. The number of aliphatic hydroxyl groups excluding tert-OH is 2. The number of rotatable bonds is 12. The van der Waals surface area contributed by atoms with Gasteiger partial charge in [0, 0.05) is 12.0 Å². The summed E-state index contributed by atoms with van der Waals surface area (Å²) in [6.07, 6.45) is 5.87. The van der Waals surface area contributed by atoms with Gasteiger partial charge in [0.05, 0.1) is 18.8 Å². The molecule has 0 atom stereocenters. The number of aryl methyl sites for hydroxylation is 2. The molecule has 2 aromatic carbocycles. The first-order valence-corrected chi connectivity index (χ1v) is 9.73. The molecule has 0 aliphatic heterocycles. The van der Waals surface area contributed by atoms with Crippen molar-refractivity contribution >= 4 is 5.78 Å². The van der Waals surface area contributed by atoms with Crippen LogP contribution in [0, 0.1) is 0 Å². The lowest BCUT2D eigenvalue weighted by Crippen LogP contribution is -2.47. The second kappa shape index (κ2) is 11.0. The van der Waals surface area contributed by atoms with Gasteiger partial charge in [-0.25, -0.2) is 0 Å². The van der Waals surface area contributed by atoms with E-state index in [2.05, 4.69) is 24.3 Å². The molecule has 0 radical (unpaired) electrons. The standard InChI is InChI=1S/C23H31NO3/c24-23(17-25,18-26)16-15-20-11-13-21(14-12-20)22(27)10-6-2-5-9-19-7-3-1-4-8-19/h1,3-4,7-8,11-14,25-26H,2,5-6,9-10,15-18,24H2. The van der Waals surface area contributed by atoms with Gasteiger partial charge in [-0.2, -0.15) is 0 Å². The Kier molecular flexibility index (Phi) is 8.65. The molecule has 4 nitrogen and oxygen atoms in total. The molecule has 27 heavy (non-hydrogen) atoms. The van der Waals surface area contributed by atoms with Crippen LogP contribution < -0.4 is 5.73 Å². The van der Waals surface area contributed by atoms with Crippen LogP contribution in [-0.4, -0.2) is 34.7 Å². The van der Waals surface area contributed by atoms with Gasteiger partial charge >= 0.3 is 0 Å². The first-order chi connectivity index (χ1) is 13.1. The van der Waals surface area contributed by atoms with E-state index in [1.807, 2.05) is 30.3 Å². The van der Waals surface area contributed by atoms with Gasteiger partial charge in [-0.3, -0.25) is 4.79 Å². The lowest BCUT2D eigenvalue weighted by molar-refractivity contribution is 0.0979. The molecule has 0 unspecified atom stereocenters. The van der Waals surface area contributed by atoms with E-state index in [9.17, 15) is 15.0 Å². The highest BCUT2D eigenvalue weighted by molar-refractivity contribution is 5.96. The summed E-state index contributed by atoms with van der Waals surface area (Å²) in [5.74, 6) is 0.181. The van der Waals surface area contributed by atoms with Crippen molar-refractivity contribution in [3.8, 4) is 0 Å². The van der Waals surface area contributed by atoms with Gasteiger partial charge < -0.3 is 15.9 Å². The van der Waals surface area contributed by atoms with Crippen molar-refractivity contribution in [1.29, 1.82) is 0 Å². The number of ketones is 1. The average molecular weight is 370 g/mol. The molecular weight excluding hydrogens is 338 g/mol. The number of Topliss-reactive ketones (excluding diaryl/α,β-unsaturated/α-hetero) is 1. The topological polar surface area (TPSA) is 83.6 Å². The molecule has 4 N–H and O–H groups in total. The van der Waals surface area contributed by atoms with Crippen molar-refractivity contribution in [3.63, 3.8) is 0 Å². The normalized spacial score (nSPS) is 11.5. The first-order valence-electron chi connectivity index (χ1n) is 9.73. The third kappa shape index (κ3) is 7.25. The quantitative estimate of drug-likeness (QED) is 0.396. The summed E-state index contributed by atoms with van der Waals surface area (Å²) in [6.45, 7) is -0.491. The average Bonchev–Trinajstić information content (AvgIpc) is 2.72. The fourth-order valence-corrected chi connectivity index (χ4v) is 3.04. The fraction of sp³-hybridized carbons (Fsp3) is 0.435. The number of hydrogen-bond acceptors (Lipinski definition) is 4. The van der Waals surface area contributed by atoms with E-state index in [1.54, 1.807) is 0 Å². The lowest BCUT2D eigenvalue weighted by Gasteiger charge is -2.24. The van der Waals surface area contributed by atoms with E-state index in [-0.39, 0.29) is 19.0 Å². The Balaban J connectivity index is 1.70. The number of carbonyl (C=O) groups excluding carboxylic acids is 1. The van der Waals surface area contributed by atoms with Gasteiger partial charge in [0.15, 0.2) is 5.78 Å². The second-order valence-electron chi connectivity index (χ2n) is 7.34. The van der Waals surface area contributed by atoms with Crippen LogP contribution >= 0.6 is 0 Å². The molecule has 0 bridgehead atoms. The van der Waals surface area contributed by atoms with E-state index in [0.29, 0.717) is 19.3 Å². The van der Waals surface area contributed by atoms with Crippen LogP contribution in [0.5, 0.6) is 0 Å². The van der Waals surface area contributed by atoms with Crippen LogP contribution in [0.4, 0.5) is 0 Å². The van der Waals surface area contributed by atoms with E-state index in [1.165, 1.54) is 5.56 Å². The third-order valence-corrected chi connectivity index (χ3v) is 5.03. The molecule has 0 aliphatic carbocycles. The second-order valence-corrected chi connectivity index (χ2v) is 7.34. The number of benzene rings is 2. The monoisotopic (exact) mass is 369 g/mol. The number of carbonyl (C=O) groups is 1. The maximum atomic E-state index is 12.3. The Bertz CT molecular complexity index is 679. The van der Waals surface area contributed by atoms with Crippen LogP contribution in [0.1, 0.15) is 53.6 Å². The predicted octanol–water partition coefficient (Wildman–Crippen LogP) is 3.29. The smallest absolute Gasteiger partial charge is 0.162 e. The van der Waals surface area contributed by atoms with Crippen molar-refractivity contribution < 1.29 is 15.0 Å². The molecule has 2 aromatic rings. The highest BCUT2D eigenvalue weighted by Crippen LogP contribution is 2.15. The van der Waals surface area contributed by atoms with Crippen molar-refractivity contribution in [3.05, 3.63) is 71.3 Å². The summed E-state index contributed by atoms with van der Waals surface area (Å²) < 4.78 is 0. The van der Waals surface area contributed by atoms with Crippen molar-refractivity contribution in [2.24, 2.45) is 5.73 Å². The first kappa shape index (κ1) is 21.3. The largest absolute Gasteiger partial charge is 0.394 e. The van der Waals surface area contributed by atoms with E-state index in [0.717, 1.165) is 36.8 Å². The summed E-state index contributed by atoms with van der Waals surface area (Å²) in [5.41, 5.74) is 8.07. The molecule has 0 amide bonds. The molecule has 0 saturated heterocycles. The third-order valence-electron chi connectivity index (χ3n) is 5.03. The summed E-state index contributed by atoms with van der Waals surface area (Å²) in [6, 6.07) is 18.0. The molecule has 2 rings (SSSR count). The zero-order valence-electron chi connectivity index (χ0n) is 15.9. The van der Waals surface area contributed by atoms with Gasteiger partial charge in [-0.1, -0.05) is 61.0 Å². The van der Waals surface area contributed by atoms with Crippen LogP contribution in [0.2, 0.25) is 0 Å². The number of nitrogens with two attached hydrogens (primary N) is 1. The zero-order valence-corrected chi connectivity index (χ0v) is 15.9. The number of hydrogen-bond donors (Lipinski definition) is 3. The van der Waals surface area contributed by atoms with Crippen LogP contribution in [0.3, 0.4) is 0 Å². The molecule has 0 saturated carbocycles. The molecule has 0 aromatic heterocycles. The summed E-state index contributed by atoms with van der Waals surface area (Å²) in [5, 5.41) is 18.5. The molecule has 0 fully saturated rings. The molecular formula is C23H31NO3. The Morgan fingerprint density at radius 3 is 2.07 bits per heavy atom. The molecule has 146 valence electrons. The van der Waals surface area contributed by atoms with Crippen LogP contribution in [0.15, 0.2) is 54.6 Å². The molecule has 0 aliphatic rings. The van der Waals surface area contributed by atoms with E-state index >= 15 is 0 Å². The fourth-order valence-electron chi connectivity index (χ4n) is 3.04. The maximum absolute atomic E-state index is 12.3. The lowest BCUT2D eigenvalue weighted by atomic mass is 9.93. The minimum atomic E-state index is -0.950. The highest BCUT2D eigenvalue weighted by Gasteiger charge is 2.22. The van der Waals surface area contributed by atoms with Gasteiger partial charge in [0.1, 0.15) is 0 Å². The summed E-state index contributed by atoms with van der Waals surface area (Å²) in [4.78, 5) is 12.3. The van der Waals surface area contributed by atoms with Gasteiger partial charge in [0.2, 0.25) is 0 Å². The minimum absolute atomic E-state index is 0.181. The summed E-state index contributed by atoms with van der Waals surface area (Å²) >= 11 is 0. The van der Waals surface area contributed by atoms with Gasteiger partial charge in [0.25, 0.3) is 0 Å². The Labute approximate surface area is 162 Å². The number of unbranched alkanes of at least 4 members (excludes halogenated alkanes) is 2. The maximum Gasteiger partial charge on any atom is 0.162 e. The van der Waals surface area contributed by atoms with Gasteiger partial charge in [-0.05, 0) is 43.2 Å². The van der Waals surface area contributed by atoms with Crippen LogP contribution in [0.25, 0.3) is 0 Å². The van der Waals surface area contributed by atoms with Crippen molar-refractivity contribution in [2.45, 2.75) is 50.5 Å². The van der Waals surface area contributed by atoms with Crippen molar-refractivity contribution in [2.75, 3.05) is 13.2 Å². The number of aliphatic hydroxyl groups is 2. The van der Waals surface area contributed by atoms with Crippen LogP contribution in [-0.2, 0) is 12.8 Å². The minimum Gasteiger partial charge on any atom is -0.394 e. The van der Waals surface area contributed by atoms with E-state index < -0.39 is 5.54 Å². The Morgan fingerprint density at radius 2 is 1.44 bits per heavy atom. The summed E-state index contributed by atoms with van der Waals surface area (Å²) in [7, 11) is 0. The highest BCUT2D eigenvalue weighted by atomic mass is 16.3. The predicted molar refractivity (Wildman–Crippen MR) is 109 cm³/mol. The molecule has 0 spiro atoms. The Hall–Kier alpha value is -2.01.